The topological polar surface area (TPSA) is 17.8 Å². The highest BCUT2D eigenvalue weighted by Crippen LogP contribution is 2.28. The standard InChI is InChI=1S/C15H20ClFN2/c1-4-10(2)8-11(3)19-13-7-5-6-12(17)15(13)18-14(19)9-16/h5-7,10-11H,4,8-9H2,1-3H3. The summed E-state index contributed by atoms with van der Waals surface area (Å²) in [4.78, 5) is 4.34. The van der Waals surface area contributed by atoms with Crippen molar-refractivity contribution >= 4 is 22.6 Å². The molecule has 19 heavy (non-hydrogen) atoms. The van der Waals surface area contributed by atoms with E-state index in [1.165, 1.54) is 6.07 Å². The first-order valence-corrected chi connectivity index (χ1v) is 7.33. The highest BCUT2D eigenvalue weighted by Gasteiger charge is 2.18. The van der Waals surface area contributed by atoms with Crippen LogP contribution < -0.4 is 0 Å². The second kappa shape index (κ2) is 5.91. The second-order valence-corrected chi connectivity index (χ2v) is 5.50. The lowest BCUT2D eigenvalue weighted by Crippen LogP contribution is -2.11. The maximum absolute atomic E-state index is 13.8. The molecule has 104 valence electrons. The first-order valence-electron chi connectivity index (χ1n) is 6.79. The van der Waals surface area contributed by atoms with E-state index in [0.29, 0.717) is 17.3 Å². The Hall–Kier alpha value is -1.09. The van der Waals surface area contributed by atoms with Gasteiger partial charge >= 0.3 is 0 Å². The van der Waals surface area contributed by atoms with Crippen molar-refractivity contribution in [1.82, 2.24) is 9.55 Å². The molecule has 1 heterocycles. The largest absolute Gasteiger partial charge is 0.324 e. The van der Waals surface area contributed by atoms with Crippen molar-refractivity contribution in [2.75, 3.05) is 0 Å². The van der Waals surface area contributed by atoms with Gasteiger partial charge in [-0.15, -0.1) is 11.6 Å². The molecule has 0 radical (unpaired) electrons. The summed E-state index contributed by atoms with van der Waals surface area (Å²) in [6.07, 6.45) is 2.18. The zero-order chi connectivity index (χ0) is 14.0. The fourth-order valence-corrected chi connectivity index (χ4v) is 2.76. The van der Waals surface area contributed by atoms with Gasteiger partial charge < -0.3 is 4.57 Å². The van der Waals surface area contributed by atoms with Crippen LogP contribution in [0, 0.1) is 11.7 Å². The number of imidazole rings is 1. The molecule has 4 heteroatoms. The molecule has 1 aromatic carbocycles. The molecule has 2 unspecified atom stereocenters. The lowest BCUT2D eigenvalue weighted by molar-refractivity contribution is 0.399. The van der Waals surface area contributed by atoms with E-state index in [-0.39, 0.29) is 11.9 Å². The van der Waals surface area contributed by atoms with Crippen molar-refractivity contribution in [3.05, 3.63) is 29.8 Å². The van der Waals surface area contributed by atoms with E-state index >= 15 is 0 Å². The monoisotopic (exact) mass is 282 g/mol. The van der Waals surface area contributed by atoms with Gasteiger partial charge in [-0.2, -0.15) is 0 Å². The molecule has 2 nitrogen and oxygen atoms in total. The Morgan fingerprint density at radius 1 is 1.37 bits per heavy atom. The third-order valence-corrected chi connectivity index (χ3v) is 3.98. The van der Waals surface area contributed by atoms with Gasteiger partial charge in [0.15, 0.2) is 5.82 Å². The van der Waals surface area contributed by atoms with E-state index in [4.69, 9.17) is 11.6 Å². The molecule has 0 saturated carbocycles. The van der Waals surface area contributed by atoms with Gasteiger partial charge in [0.2, 0.25) is 0 Å². The van der Waals surface area contributed by atoms with Crippen LogP contribution in [0.15, 0.2) is 18.2 Å². The number of alkyl halides is 1. The highest BCUT2D eigenvalue weighted by atomic mass is 35.5. The SMILES string of the molecule is CCC(C)CC(C)n1c(CCl)nc2c(F)cccc21. The van der Waals surface area contributed by atoms with Crippen LogP contribution in [0.4, 0.5) is 4.39 Å². The summed E-state index contributed by atoms with van der Waals surface area (Å²) in [5, 5.41) is 0. The maximum atomic E-state index is 13.8. The maximum Gasteiger partial charge on any atom is 0.151 e. The van der Waals surface area contributed by atoms with Crippen molar-refractivity contribution in [2.45, 2.75) is 45.5 Å². The molecule has 2 rings (SSSR count). The lowest BCUT2D eigenvalue weighted by atomic mass is 10.00. The van der Waals surface area contributed by atoms with Crippen molar-refractivity contribution in [3.63, 3.8) is 0 Å². The van der Waals surface area contributed by atoms with E-state index in [1.807, 2.05) is 6.07 Å². The molecule has 2 aromatic rings. The number of halogens is 2. The van der Waals surface area contributed by atoms with Crippen LogP contribution in [-0.2, 0) is 5.88 Å². The summed E-state index contributed by atoms with van der Waals surface area (Å²) in [5.74, 6) is 1.40. The van der Waals surface area contributed by atoms with Crippen molar-refractivity contribution in [3.8, 4) is 0 Å². The van der Waals surface area contributed by atoms with Gasteiger partial charge in [-0.05, 0) is 31.4 Å². The first kappa shape index (κ1) is 14.3. The Bertz CT molecular complexity index is 565. The number of fused-ring (bicyclic) bond motifs is 1. The molecular formula is C15H20ClFN2. The first-order chi connectivity index (χ1) is 9.08. The van der Waals surface area contributed by atoms with Crippen LogP contribution in [-0.4, -0.2) is 9.55 Å². The minimum absolute atomic E-state index is 0.274. The molecule has 1 aromatic heterocycles. The van der Waals surface area contributed by atoms with Gasteiger partial charge in [0.05, 0.1) is 11.4 Å². The second-order valence-electron chi connectivity index (χ2n) is 5.24. The van der Waals surface area contributed by atoms with Crippen LogP contribution >= 0.6 is 11.6 Å². The van der Waals surface area contributed by atoms with E-state index < -0.39 is 0 Å². The minimum Gasteiger partial charge on any atom is -0.324 e. The van der Waals surface area contributed by atoms with E-state index in [9.17, 15) is 4.39 Å². The van der Waals surface area contributed by atoms with Crippen molar-refractivity contribution in [2.24, 2.45) is 5.92 Å². The highest BCUT2D eigenvalue weighted by molar-refractivity contribution is 6.16. The number of benzene rings is 1. The van der Waals surface area contributed by atoms with Crippen molar-refractivity contribution in [1.29, 1.82) is 0 Å². The Morgan fingerprint density at radius 2 is 2.11 bits per heavy atom. The lowest BCUT2D eigenvalue weighted by Gasteiger charge is -2.20. The van der Waals surface area contributed by atoms with Gasteiger partial charge in [0.1, 0.15) is 11.3 Å². The quantitative estimate of drug-likeness (QED) is 0.712. The van der Waals surface area contributed by atoms with Crippen LogP contribution in [0.2, 0.25) is 0 Å². The molecule has 0 fully saturated rings. The fourth-order valence-electron chi connectivity index (χ4n) is 2.57. The van der Waals surface area contributed by atoms with Gasteiger partial charge in [-0.3, -0.25) is 0 Å². The zero-order valence-electron chi connectivity index (χ0n) is 11.7. The molecular weight excluding hydrogens is 263 g/mol. The molecule has 0 saturated heterocycles. The molecule has 0 N–H and O–H groups in total. The number of para-hydroxylation sites is 1. The van der Waals surface area contributed by atoms with Crippen LogP contribution in [0.3, 0.4) is 0 Å². The van der Waals surface area contributed by atoms with Crippen molar-refractivity contribution < 1.29 is 4.39 Å². The molecule has 0 bridgehead atoms. The molecule has 2 atom stereocenters. The number of rotatable bonds is 5. The minimum atomic E-state index is -0.279. The van der Waals surface area contributed by atoms with Gasteiger partial charge in [-0.25, -0.2) is 9.37 Å². The van der Waals surface area contributed by atoms with E-state index in [2.05, 4.69) is 30.3 Å². The van der Waals surface area contributed by atoms with Gasteiger partial charge in [-0.1, -0.05) is 26.3 Å². The predicted octanol–water partition coefficient (Wildman–Crippen LogP) is 4.91. The Kier molecular flexibility index (Phi) is 4.46. The average molecular weight is 283 g/mol. The van der Waals surface area contributed by atoms with Gasteiger partial charge in [0.25, 0.3) is 0 Å². The number of aromatic nitrogens is 2. The summed E-state index contributed by atoms with van der Waals surface area (Å²) in [6, 6.07) is 5.35. The summed E-state index contributed by atoms with van der Waals surface area (Å²) in [6.45, 7) is 6.57. The molecule has 0 amide bonds. The summed E-state index contributed by atoms with van der Waals surface area (Å²) in [7, 11) is 0. The third-order valence-electron chi connectivity index (χ3n) is 3.74. The zero-order valence-corrected chi connectivity index (χ0v) is 12.4. The predicted molar refractivity (Wildman–Crippen MR) is 78.0 cm³/mol. The summed E-state index contributed by atoms with van der Waals surface area (Å²) in [5.41, 5.74) is 1.26. The average Bonchev–Trinajstić information content (AvgIpc) is 2.78. The Labute approximate surface area is 118 Å². The number of hydrogen-bond acceptors (Lipinski definition) is 1. The summed E-state index contributed by atoms with van der Waals surface area (Å²) >= 11 is 5.96. The normalized spacial score (nSPS) is 14.8. The number of hydrogen-bond donors (Lipinski definition) is 0. The molecule has 0 aliphatic carbocycles. The molecule has 0 aliphatic heterocycles. The Balaban J connectivity index is 2.48. The van der Waals surface area contributed by atoms with Crippen LogP contribution in [0.5, 0.6) is 0 Å². The summed E-state index contributed by atoms with van der Waals surface area (Å²) < 4.78 is 15.9. The smallest absolute Gasteiger partial charge is 0.151 e. The van der Waals surface area contributed by atoms with E-state index in [0.717, 1.165) is 24.2 Å². The number of nitrogens with zero attached hydrogens (tertiary/aromatic N) is 2. The third kappa shape index (κ3) is 2.76. The van der Waals surface area contributed by atoms with E-state index in [1.54, 1.807) is 6.07 Å². The Morgan fingerprint density at radius 3 is 2.74 bits per heavy atom. The van der Waals surface area contributed by atoms with Gasteiger partial charge in [0, 0.05) is 6.04 Å². The fraction of sp³-hybridized carbons (Fsp3) is 0.533. The molecule has 0 spiro atoms. The van der Waals surface area contributed by atoms with Crippen LogP contribution in [0.1, 0.15) is 45.5 Å². The van der Waals surface area contributed by atoms with Crippen LogP contribution in [0.25, 0.3) is 11.0 Å². The molecule has 0 aliphatic rings.